The van der Waals surface area contributed by atoms with Gasteiger partial charge < -0.3 is 20.1 Å². The van der Waals surface area contributed by atoms with Crippen LogP contribution in [-0.2, 0) is 24.3 Å². The van der Waals surface area contributed by atoms with Crippen LogP contribution < -0.4 is 10.6 Å². The summed E-state index contributed by atoms with van der Waals surface area (Å²) in [6.07, 6.45) is 3.42. The fraction of sp³-hybridized carbons (Fsp3) is 0.389. The molecule has 0 radical (unpaired) electrons. The molecule has 0 atom stereocenters. The van der Waals surface area contributed by atoms with Crippen molar-refractivity contribution in [3.63, 3.8) is 0 Å². The smallest absolute Gasteiger partial charge is 0.315 e. The second kappa shape index (κ2) is 8.32. The summed E-state index contributed by atoms with van der Waals surface area (Å²) in [5, 5.41) is 9.13. The minimum Gasteiger partial charge on any atom is -0.364 e. The lowest BCUT2D eigenvalue weighted by molar-refractivity contribution is -0.132. The van der Waals surface area contributed by atoms with Crippen LogP contribution in [0.15, 0.2) is 41.1 Å². The van der Waals surface area contributed by atoms with Crippen molar-refractivity contribution in [3.8, 4) is 0 Å². The van der Waals surface area contributed by atoms with Crippen LogP contribution in [0.5, 0.6) is 0 Å². The van der Waals surface area contributed by atoms with E-state index in [9.17, 15) is 9.59 Å². The van der Waals surface area contributed by atoms with Crippen molar-refractivity contribution in [2.75, 3.05) is 13.1 Å². The first-order chi connectivity index (χ1) is 12.2. The van der Waals surface area contributed by atoms with Crippen molar-refractivity contribution in [2.24, 2.45) is 0 Å². The summed E-state index contributed by atoms with van der Waals surface area (Å²) in [6, 6.07) is 9.66. The first-order valence-electron chi connectivity index (χ1n) is 8.48. The molecule has 25 heavy (non-hydrogen) atoms. The number of urea groups is 1. The number of carbonyl (C=O) groups excluding carboxylic acids is 2. The van der Waals surface area contributed by atoms with E-state index in [2.05, 4.69) is 32.4 Å². The molecule has 1 aromatic heterocycles. The van der Waals surface area contributed by atoms with Gasteiger partial charge in [-0.05, 0) is 24.0 Å². The maximum absolute atomic E-state index is 12.3. The summed E-state index contributed by atoms with van der Waals surface area (Å²) in [6.45, 7) is 2.22. The van der Waals surface area contributed by atoms with Gasteiger partial charge in [0.15, 0.2) is 0 Å². The Bertz CT molecular complexity index is 715. The number of rotatable bonds is 6. The summed E-state index contributed by atoms with van der Waals surface area (Å²) in [5.41, 5.74) is 3.22. The largest absolute Gasteiger partial charge is 0.364 e. The molecule has 3 rings (SSSR count). The van der Waals surface area contributed by atoms with Crippen LogP contribution >= 0.6 is 0 Å². The molecule has 0 fully saturated rings. The van der Waals surface area contributed by atoms with Gasteiger partial charge in [-0.25, -0.2) is 4.79 Å². The van der Waals surface area contributed by atoms with Crippen LogP contribution in [0, 0.1) is 0 Å². The minimum absolute atomic E-state index is 0.138. The molecule has 0 saturated carbocycles. The number of hydrogen-bond donors (Lipinski definition) is 2. The number of aromatic nitrogens is 1. The normalized spacial score (nSPS) is 13.2. The molecule has 1 aliphatic heterocycles. The third-order valence-electron chi connectivity index (χ3n) is 4.26. The van der Waals surface area contributed by atoms with E-state index in [4.69, 9.17) is 0 Å². The summed E-state index contributed by atoms with van der Waals surface area (Å²) < 4.78 is 4.69. The van der Waals surface area contributed by atoms with Gasteiger partial charge in [-0.2, -0.15) is 0 Å². The molecule has 7 nitrogen and oxygen atoms in total. The molecule has 1 aliphatic rings. The predicted octanol–water partition coefficient (Wildman–Crippen LogP) is 1.84. The molecule has 0 spiro atoms. The highest BCUT2D eigenvalue weighted by atomic mass is 16.5. The summed E-state index contributed by atoms with van der Waals surface area (Å²) in [5.74, 6) is 0.138. The number of fused-ring (bicyclic) bond motifs is 1. The van der Waals surface area contributed by atoms with Gasteiger partial charge in [0.05, 0.1) is 6.54 Å². The van der Waals surface area contributed by atoms with Crippen LogP contribution in [0.1, 0.15) is 29.7 Å². The maximum atomic E-state index is 12.3. The average Bonchev–Trinajstić information content (AvgIpc) is 3.16. The van der Waals surface area contributed by atoms with E-state index in [0.29, 0.717) is 38.2 Å². The molecule has 2 N–H and O–H groups in total. The lowest BCUT2D eigenvalue weighted by Gasteiger charge is -2.29. The Kier molecular flexibility index (Phi) is 5.66. The highest BCUT2D eigenvalue weighted by Gasteiger charge is 2.19. The molecule has 0 saturated heterocycles. The molecule has 0 unspecified atom stereocenters. The maximum Gasteiger partial charge on any atom is 0.315 e. The first-order valence-corrected chi connectivity index (χ1v) is 8.48. The van der Waals surface area contributed by atoms with Gasteiger partial charge in [-0.15, -0.1) is 0 Å². The zero-order valence-electron chi connectivity index (χ0n) is 14.0. The van der Waals surface area contributed by atoms with Gasteiger partial charge in [0.25, 0.3) is 0 Å². The van der Waals surface area contributed by atoms with Crippen LogP contribution in [-0.4, -0.2) is 35.1 Å². The van der Waals surface area contributed by atoms with Crippen LogP contribution in [0.25, 0.3) is 0 Å². The van der Waals surface area contributed by atoms with Crippen molar-refractivity contribution in [2.45, 2.75) is 32.4 Å². The standard InChI is InChI=1S/C18H22N4O3/c23-17(22-10-7-14-4-1-2-5-15(14)13-22)6-3-9-19-18(24)20-12-16-8-11-25-21-16/h1-2,4-5,8,11H,3,6-7,9-10,12-13H2,(H2,19,20,24). The lowest BCUT2D eigenvalue weighted by atomic mass is 9.99. The fourth-order valence-corrected chi connectivity index (χ4v) is 2.87. The third kappa shape index (κ3) is 4.82. The number of nitrogens with zero attached hydrogens (tertiary/aromatic N) is 2. The number of carbonyl (C=O) groups is 2. The van der Waals surface area contributed by atoms with Crippen LogP contribution in [0.3, 0.4) is 0 Å². The first kappa shape index (κ1) is 17.0. The van der Waals surface area contributed by atoms with Gasteiger partial charge >= 0.3 is 6.03 Å². The van der Waals surface area contributed by atoms with Crippen molar-refractivity contribution in [1.82, 2.24) is 20.7 Å². The molecule has 1 aromatic carbocycles. The van der Waals surface area contributed by atoms with E-state index in [1.807, 2.05) is 17.0 Å². The zero-order valence-corrected chi connectivity index (χ0v) is 14.0. The second-order valence-corrected chi connectivity index (χ2v) is 6.04. The highest BCUT2D eigenvalue weighted by molar-refractivity contribution is 5.77. The van der Waals surface area contributed by atoms with E-state index in [1.165, 1.54) is 17.4 Å². The SMILES string of the molecule is O=C(NCCCC(=O)N1CCc2ccccc2C1)NCc1ccon1. The molecule has 0 bridgehead atoms. The summed E-state index contributed by atoms with van der Waals surface area (Å²) >= 11 is 0. The molecular formula is C18H22N4O3. The van der Waals surface area contributed by atoms with E-state index >= 15 is 0 Å². The number of hydrogen-bond acceptors (Lipinski definition) is 4. The number of nitrogens with one attached hydrogen (secondary N) is 2. The van der Waals surface area contributed by atoms with Crippen LogP contribution in [0.2, 0.25) is 0 Å². The number of benzene rings is 1. The zero-order chi connectivity index (χ0) is 17.5. The Morgan fingerprint density at radius 2 is 2.00 bits per heavy atom. The Hall–Kier alpha value is -2.83. The fourth-order valence-electron chi connectivity index (χ4n) is 2.87. The van der Waals surface area contributed by atoms with E-state index < -0.39 is 0 Å². The van der Waals surface area contributed by atoms with E-state index in [1.54, 1.807) is 6.07 Å². The topological polar surface area (TPSA) is 87.5 Å². The Balaban J connectivity index is 1.32. The van der Waals surface area contributed by atoms with Crippen molar-refractivity contribution >= 4 is 11.9 Å². The van der Waals surface area contributed by atoms with E-state index in [0.717, 1.165) is 13.0 Å². The van der Waals surface area contributed by atoms with E-state index in [-0.39, 0.29) is 11.9 Å². The molecule has 132 valence electrons. The molecular weight excluding hydrogens is 320 g/mol. The van der Waals surface area contributed by atoms with Crippen molar-refractivity contribution in [3.05, 3.63) is 53.4 Å². The van der Waals surface area contributed by atoms with Gasteiger partial charge in [0.2, 0.25) is 5.91 Å². The van der Waals surface area contributed by atoms with Crippen molar-refractivity contribution < 1.29 is 14.1 Å². The summed E-state index contributed by atoms with van der Waals surface area (Å²) in [7, 11) is 0. The second-order valence-electron chi connectivity index (χ2n) is 6.04. The predicted molar refractivity (Wildman–Crippen MR) is 91.5 cm³/mol. The Labute approximate surface area is 146 Å². The molecule has 3 amide bonds. The van der Waals surface area contributed by atoms with Gasteiger partial charge in [0.1, 0.15) is 12.0 Å². The minimum atomic E-state index is -0.276. The molecule has 7 heteroatoms. The third-order valence-corrected chi connectivity index (χ3v) is 4.26. The molecule has 2 aromatic rings. The Morgan fingerprint density at radius 1 is 1.16 bits per heavy atom. The number of amides is 3. The Morgan fingerprint density at radius 3 is 2.80 bits per heavy atom. The van der Waals surface area contributed by atoms with Crippen molar-refractivity contribution in [1.29, 1.82) is 0 Å². The lowest BCUT2D eigenvalue weighted by Crippen LogP contribution is -2.37. The quantitative estimate of drug-likeness (QED) is 0.784. The monoisotopic (exact) mass is 342 g/mol. The highest BCUT2D eigenvalue weighted by Crippen LogP contribution is 2.19. The van der Waals surface area contributed by atoms with Gasteiger partial charge in [0, 0.05) is 32.1 Å². The van der Waals surface area contributed by atoms with Crippen LogP contribution in [0.4, 0.5) is 4.79 Å². The molecule has 0 aliphatic carbocycles. The summed E-state index contributed by atoms with van der Waals surface area (Å²) in [4.78, 5) is 25.9. The molecule has 2 heterocycles. The van der Waals surface area contributed by atoms with Gasteiger partial charge in [-0.3, -0.25) is 4.79 Å². The van der Waals surface area contributed by atoms with Gasteiger partial charge in [-0.1, -0.05) is 29.4 Å². The average molecular weight is 342 g/mol.